The molecule has 0 aliphatic carbocycles. The molecular weight excluding hydrogens is 326 g/mol. The summed E-state index contributed by atoms with van der Waals surface area (Å²) in [5.74, 6) is 0.610. The van der Waals surface area contributed by atoms with Crippen molar-refractivity contribution in [3.05, 3.63) is 59.7 Å². The summed E-state index contributed by atoms with van der Waals surface area (Å²) in [6, 6.07) is 14.9. The van der Waals surface area contributed by atoms with Crippen LogP contribution >= 0.6 is 12.4 Å². The van der Waals surface area contributed by atoms with E-state index in [4.69, 9.17) is 10.5 Å². The largest absolute Gasteiger partial charge is 0.492 e. The summed E-state index contributed by atoms with van der Waals surface area (Å²) in [6.45, 7) is 1.81. The van der Waals surface area contributed by atoms with Crippen LogP contribution < -0.4 is 15.8 Å². The Kier molecular flexibility index (Phi) is 8.26. The third kappa shape index (κ3) is 6.20. The number of nitrogens with zero attached hydrogens (tertiary/aromatic N) is 1. The Labute approximate surface area is 149 Å². The number of benzene rings is 2. The Morgan fingerprint density at radius 3 is 2.25 bits per heavy atom. The highest BCUT2D eigenvalue weighted by molar-refractivity contribution is 6.04. The van der Waals surface area contributed by atoms with Gasteiger partial charge in [-0.15, -0.1) is 12.4 Å². The summed E-state index contributed by atoms with van der Waals surface area (Å²) in [5, 5.41) is 2.87. The van der Waals surface area contributed by atoms with Gasteiger partial charge >= 0.3 is 0 Å². The average molecular weight is 350 g/mol. The molecule has 0 saturated carbocycles. The summed E-state index contributed by atoms with van der Waals surface area (Å²) in [4.78, 5) is 14.3. The molecule has 0 bridgehead atoms. The van der Waals surface area contributed by atoms with Gasteiger partial charge < -0.3 is 20.7 Å². The SMILES string of the molecule is CN(C)Cc1ccc(C(=O)Nc2ccc(OCCN)cc2)cc1.Cl. The van der Waals surface area contributed by atoms with Crippen LogP contribution in [0.25, 0.3) is 0 Å². The van der Waals surface area contributed by atoms with Gasteiger partial charge in [-0.3, -0.25) is 4.79 Å². The van der Waals surface area contributed by atoms with Gasteiger partial charge in [0.15, 0.2) is 0 Å². The van der Waals surface area contributed by atoms with Gasteiger partial charge in [-0.05, 0) is 56.1 Å². The van der Waals surface area contributed by atoms with E-state index in [0.29, 0.717) is 18.7 Å². The molecule has 0 saturated heterocycles. The Morgan fingerprint density at radius 1 is 1.08 bits per heavy atom. The fourth-order valence-electron chi connectivity index (χ4n) is 2.14. The van der Waals surface area contributed by atoms with E-state index in [1.807, 2.05) is 62.6 Å². The fourth-order valence-corrected chi connectivity index (χ4v) is 2.14. The van der Waals surface area contributed by atoms with Crippen LogP contribution in [0.4, 0.5) is 5.69 Å². The van der Waals surface area contributed by atoms with Crippen LogP contribution in [0.15, 0.2) is 48.5 Å². The third-order valence-corrected chi connectivity index (χ3v) is 3.21. The van der Waals surface area contributed by atoms with Gasteiger partial charge in [-0.25, -0.2) is 0 Å². The maximum atomic E-state index is 12.2. The summed E-state index contributed by atoms with van der Waals surface area (Å²) >= 11 is 0. The van der Waals surface area contributed by atoms with Crippen molar-refractivity contribution in [2.24, 2.45) is 5.73 Å². The highest BCUT2D eigenvalue weighted by Crippen LogP contribution is 2.16. The van der Waals surface area contributed by atoms with Gasteiger partial charge in [0, 0.05) is 24.3 Å². The van der Waals surface area contributed by atoms with Crippen LogP contribution in [-0.4, -0.2) is 38.1 Å². The van der Waals surface area contributed by atoms with E-state index in [-0.39, 0.29) is 18.3 Å². The smallest absolute Gasteiger partial charge is 0.255 e. The first-order valence-corrected chi connectivity index (χ1v) is 7.56. The lowest BCUT2D eigenvalue weighted by molar-refractivity contribution is 0.102. The second kappa shape index (κ2) is 9.93. The average Bonchev–Trinajstić information content (AvgIpc) is 2.54. The Hall–Kier alpha value is -2.08. The van der Waals surface area contributed by atoms with Gasteiger partial charge in [0.25, 0.3) is 5.91 Å². The number of hydrogen-bond acceptors (Lipinski definition) is 4. The summed E-state index contributed by atoms with van der Waals surface area (Å²) < 4.78 is 5.40. The maximum Gasteiger partial charge on any atom is 0.255 e. The number of carbonyl (C=O) groups excluding carboxylic acids is 1. The number of hydrogen-bond donors (Lipinski definition) is 2. The van der Waals surface area contributed by atoms with Crippen molar-refractivity contribution in [3.8, 4) is 5.75 Å². The van der Waals surface area contributed by atoms with E-state index < -0.39 is 0 Å². The number of rotatable bonds is 7. The van der Waals surface area contributed by atoms with E-state index in [1.165, 1.54) is 5.56 Å². The Morgan fingerprint density at radius 2 is 1.71 bits per heavy atom. The number of nitrogens with one attached hydrogen (secondary N) is 1. The Balaban J connectivity index is 0.00000288. The second-order valence-electron chi connectivity index (χ2n) is 5.55. The molecule has 0 atom stereocenters. The highest BCUT2D eigenvalue weighted by Gasteiger charge is 2.06. The molecule has 0 aliphatic heterocycles. The number of nitrogens with two attached hydrogens (primary N) is 1. The minimum absolute atomic E-state index is 0. The number of halogens is 1. The molecule has 6 heteroatoms. The zero-order valence-electron chi connectivity index (χ0n) is 14.0. The zero-order valence-corrected chi connectivity index (χ0v) is 14.8. The minimum atomic E-state index is -0.128. The van der Waals surface area contributed by atoms with Gasteiger partial charge in [0.05, 0.1) is 0 Å². The maximum absolute atomic E-state index is 12.2. The minimum Gasteiger partial charge on any atom is -0.492 e. The molecule has 0 heterocycles. The molecule has 0 radical (unpaired) electrons. The molecule has 5 nitrogen and oxygen atoms in total. The first-order chi connectivity index (χ1) is 11.1. The molecule has 0 spiro atoms. The molecule has 0 aromatic heterocycles. The number of carbonyl (C=O) groups is 1. The van der Waals surface area contributed by atoms with Gasteiger partial charge in [0.2, 0.25) is 0 Å². The van der Waals surface area contributed by atoms with Crippen LogP contribution in [-0.2, 0) is 6.54 Å². The lowest BCUT2D eigenvalue weighted by Crippen LogP contribution is -2.13. The first-order valence-electron chi connectivity index (χ1n) is 7.56. The number of ether oxygens (including phenoxy) is 1. The predicted octanol–water partition coefficient (Wildman–Crippen LogP) is 2.76. The molecule has 2 aromatic rings. The molecule has 2 aromatic carbocycles. The van der Waals surface area contributed by atoms with Crippen molar-refractivity contribution in [2.75, 3.05) is 32.6 Å². The summed E-state index contributed by atoms with van der Waals surface area (Å²) in [7, 11) is 4.03. The number of amides is 1. The van der Waals surface area contributed by atoms with Gasteiger partial charge in [-0.1, -0.05) is 12.1 Å². The summed E-state index contributed by atoms with van der Waals surface area (Å²) in [6.07, 6.45) is 0. The molecule has 0 aliphatic rings. The predicted molar refractivity (Wildman–Crippen MR) is 100 cm³/mol. The van der Waals surface area contributed by atoms with E-state index in [9.17, 15) is 4.79 Å². The van der Waals surface area contributed by atoms with Crippen molar-refractivity contribution < 1.29 is 9.53 Å². The quantitative estimate of drug-likeness (QED) is 0.806. The standard InChI is InChI=1S/C18H23N3O2.ClH/c1-21(2)13-14-3-5-15(6-4-14)18(22)20-16-7-9-17(10-8-16)23-12-11-19;/h3-10H,11-13,19H2,1-2H3,(H,20,22);1H. The molecule has 130 valence electrons. The van der Waals surface area contributed by atoms with E-state index >= 15 is 0 Å². The van der Waals surface area contributed by atoms with Crippen molar-refractivity contribution in [1.82, 2.24) is 4.90 Å². The van der Waals surface area contributed by atoms with Crippen LogP contribution in [0.3, 0.4) is 0 Å². The lowest BCUT2D eigenvalue weighted by atomic mass is 10.1. The summed E-state index contributed by atoms with van der Waals surface area (Å²) in [5.41, 5.74) is 7.93. The molecular formula is C18H24ClN3O2. The third-order valence-electron chi connectivity index (χ3n) is 3.21. The van der Waals surface area contributed by atoms with Crippen LogP contribution in [0.5, 0.6) is 5.75 Å². The monoisotopic (exact) mass is 349 g/mol. The van der Waals surface area contributed by atoms with Gasteiger partial charge in [0.1, 0.15) is 12.4 Å². The molecule has 1 amide bonds. The van der Waals surface area contributed by atoms with Crippen LogP contribution in [0.1, 0.15) is 15.9 Å². The Bertz CT molecular complexity index is 628. The molecule has 24 heavy (non-hydrogen) atoms. The lowest BCUT2D eigenvalue weighted by Gasteiger charge is -2.10. The van der Waals surface area contributed by atoms with Crippen LogP contribution in [0.2, 0.25) is 0 Å². The topological polar surface area (TPSA) is 67.6 Å². The second-order valence-corrected chi connectivity index (χ2v) is 5.55. The van der Waals surface area contributed by atoms with Crippen molar-refractivity contribution >= 4 is 24.0 Å². The molecule has 0 fully saturated rings. The van der Waals surface area contributed by atoms with Crippen molar-refractivity contribution in [3.63, 3.8) is 0 Å². The highest BCUT2D eigenvalue weighted by atomic mass is 35.5. The van der Waals surface area contributed by atoms with Crippen molar-refractivity contribution in [2.45, 2.75) is 6.54 Å². The van der Waals surface area contributed by atoms with Crippen molar-refractivity contribution in [1.29, 1.82) is 0 Å². The first kappa shape index (κ1) is 20.0. The molecule has 0 unspecified atom stereocenters. The molecule has 2 rings (SSSR count). The van der Waals surface area contributed by atoms with E-state index in [1.54, 1.807) is 0 Å². The zero-order chi connectivity index (χ0) is 16.7. The normalized spacial score (nSPS) is 10.2. The number of anilines is 1. The fraction of sp³-hybridized carbons (Fsp3) is 0.278. The van der Waals surface area contributed by atoms with E-state index in [2.05, 4.69) is 10.2 Å². The molecule has 3 N–H and O–H groups in total. The van der Waals surface area contributed by atoms with E-state index in [0.717, 1.165) is 18.0 Å². The van der Waals surface area contributed by atoms with Crippen LogP contribution in [0, 0.1) is 0 Å². The van der Waals surface area contributed by atoms with Gasteiger partial charge in [-0.2, -0.15) is 0 Å².